The lowest BCUT2D eigenvalue weighted by atomic mass is 9.68. The van der Waals surface area contributed by atoms with Gasteiger partial charge in [-0.2, -0.15) is 0 Å². The second kappa shape index (κ2) is 6.21. The normalized spacial score (nSPS) is 19.9. The van der Waals surface area contributed by atoms with E-state index in [1.54, 1.807) is 19.1 Å². The van der Waals surface area contributed by atoms with Crippen molar-refractivity contribution in [3.8, 4) is 0 Å². The summed E-state index contributed by atoms with van der Waals surface area (Å²) in [6.07, 6.45) is 5.74. The van der Waals surface area contributed by atoms with Crippen LogP contribution in [0.5, 0.6) is 0 Å². The van der Waals surface area contributed by atoms with Crippen molar-refractivity contribution >= 4 is 0 Å². The molecule has 0 spiro atoms. The molecule has 0 bridgehead atoms. The summed E-state index contributed by atoms with van der Waals surface area (Å²) in [5.74, 6) is -1.38. The van der Waals surface area contributed by atoms with Gasteiger partial charge in [-0.05, 0) is 37.3 Å². The molecule has 1 unspecified atom stereocenters. The molecule has 1 aromatic rings. The van der Waals surface area contributed by atoms with Crippen molar-refractivity contribution in [3.63, 3.8) is 0 Å². The minimum Gasteiger partial charge on any atom is -0.310 e. The third kappa shape index (κ3) is 2.88. The molecule has 2 rings (SSSR count). The van der Waals surface area contributed by atoms with Crippen LogP contribution in [0.4, 0.5) is 8.78 Å². The number of benzene rings is 1. The van der Waals surface area contributed by atoms with E-state index in [4.69, 9.17) is 0 Å². The molecular formula is C17H25F2N. The van der Waals surface area contributed by atoms with Crippen LogP contribution in [-0.2, 0) is 0 Å². The van der Waals surface area contributed by atoms with Gasteiger partial charge in [0.1, 0.15) is 0 Å². The largest absolute Gasteiger partial charge is 0.310 e. The minimum atomic E-state index is -0.704. The van der Waals surface area contributed by atoms with Crippen LogP contribution in [0.1, 0.15) is 63.1 Å². The zero-order valence-electron chi connectivity index (χ0n) is 12.7. The first-order chi connectivity index (χ1) is 9.49. The summed E-state index contributed by atoms with van der Waals surface area (Å²) in [7, 11) is 0. The van der Waals surface area contributed by atoms with Gasteiger partial charge in [0.25, 0.3) is 0 Å². The quantitative estimate of drug-likeness (QED) is 0.828. The second-order valence-corrected chi connectivity index (χ2v) is 6.31. The number of hydrogen-bond acceptors (Lipinski definition) is 1. The number of halogens is 2. The van der Waals surface area contributed by atoms with Crippen LogP contribution in [0.25, 0.3) is 0 Å². The number of aryl methyl sites for hydroxylation is 1. The predicted octanol–water partition coefficient (Wildman–Crippen LogP) is 4.89. The first-order valence-corrected chi connectivity index (χ1v) is 7.67. The Morgan fingerprint density at radius 3 is 2.40 bits per heavy atom. The molecule has 1 nitrogen and oxygen atoms in total. The molecule has 112 valence electrons. The van der Waals surface area contributed by atoms with Crippen LogP contribution < -0.4 is 5.32 Å². The molecule has 0 radical (unpaired) electrons. The first-order valence-electron chi connectivity index (χ1n) is 7.67. The summed E-state index contributed by atoms with van der Waals surface area (Å²) in [6, 6.07) is 3.33. The maximum absolute atomic E-state index is 14.3. The molecule has 1 N–H and O–H groups in total. The zero-order valence-corrected chi connectivity index (χ0v) is 12.7. The van der Waals surface area contributed by atoms with Gasteiger partial charge in [-0.25, -0.2) is 8.78 Å². The molecule has 3 heteroatoms. The molecule has 1 aliphatic carbocycles. The van der Waals surface area contributed by atoms with E-state index in [0.717, 1.165) is 19.4 Å². The van der Waals surface area contributed by atoms with Crippen molar-refractivity contribution in [1.82, 2.24) is 5.32 Å². The number of rotatable bonds is 4. The Morgan fingerprint density at radius 1 is 1.15 bits per heavy atom. The van der Waals surface area contributed by atoms with Crippen LogP contribution in [0.3, 0.4) is 0 Å². The summed E-state index contributed by atoms with van der Waals surface area (Å²) in [5.41, 5.74) is 0.867. The topological polar surface area (TPSA) is 12.0 Å². The molecule has 0 heterocycles. The summed E-state index contributed by atoms with van der Waals surface area (Å²) in [6.45, 7) is 6.58. The van der Waals surface area contributed by atoms with Crippen molar-refractivity contribution < 1.29 is 8.78 Å². The standard InChI is InChI=1S/C17H25F2N/c1-4-20-16(17(3)10-6-5-7-11-17)13-9-8-12(2)14(18)15(13)19/h8-9,16,20H,4-7,10-11H2,1-3H3. The van der Waals surface area contributed by atoms with Gasteiger partial charge in [-0.15, -0.1) is 0 Å². The van der Waals surface area contributed by atoms with Gasteiger partial charge in [0.15, 0.2) is 11.6 Å². The molecule has 0 aliphatic heterocycles. The molecule has 0 aromatic heterocycles. The van der Waals surface area contributed by atoms with Crippen molar-refractivity contribution in [3.05, 3.63) is 34.9 Å². The van der Waals surface area contributed by atoms with Gasteiger partial charge in [-0.1, -0.05) is 45.2 Å². The minimum absolute atomic E-state index is 0.0107. The van der Waals surface area contributed by atoms with Crippen LogP contribution in [0, 0.1) is 24.0 Å². The lowest BCUT2D eigenvalue weighted by molar-refractivity contribution is 0.142. The van der Waals surface area contributed by atoms with Gasteiger partial charge >= 0.3 is 0 Å². The Hall–Kier alpha value is -0.960. The third-order valence-corrected chi connectivity index (χ3v) is 4.72. The maximum Gasteiger partial charge on any atom is 0.163 e. The molecule has 1 fully saturated rings. The molecule has 0 saturated heterocycles. The fourth-order valence-corrected chi connectivity index (χ4v) is 3.47. The molecular weight excluding hydrogens is 256 g/mol. The summed E-state index contributed by atoms with van der Waals surface area (Å²) in [4.78, 5) is 0. The zero-order chi connectivity index (χ0) is 14.8. The average Bonchev–Trinajstić information content (AvgIpc) is 2.44. The Kier molecular flexibility index (Phi) is 4.79. The fraction of sp³-hybridized carbons (Fsp3) is 0.647. The summed E-state index contributed by atoms with van der Waals surface area (Å²) < 4.78 is 28.2. The Morgan fingerprint density at radius 2 is 1.80 bits per heavy atom. The van der Waals surface area contributed by atoms with Crippen molar-refractivity contribution in [1.29, 1.82) is 0 Å². The Bertz CT molecular complexity index is 464. The summed E-state index contributed by atoms with van der Waals surface area (Å²) in [5, 5.41) is 3.39. The molecule has 20 heavy (non-hydrogen) atoms. The van der Waals surface area contributed by atoms with E-state index in [9.17, 15) is 8.78 Å². The highest BCUT2D eigenvalue weighted by molar-refractivity contribution is 5.29. The van der Waals surface area contributed by atoms with Crippen LogP contribution in [0.2, 0.25) is 0 Å². The molecule has 1 aromatic carbocycles. The van der Waals surface area contributed by atoms with Crippen molar-refractivity contribution in [2.45, 2.75) is 58.9 Å². The second-order valence-electron chi connectivity index (χ2n) is 6.31. The SMILES string of the molecule is CCNC(c1ccc(C)c(F)c1F)C1(C)CCCCC1. The lowest BCUT2D eigenvalue weighted by Gasteiger charge is -2.41. The Labute approximate surface area is 120 Å². The van der Waals surface area contributed by atoms with Crippen LogP contribution in [-0.4, -0.2) is 6.54 Å². The molecule has 1 atom stereocenters. The molecule has 1 aliphatic rings. The van der Waals surface area contributed by atoms with E-state index in [2.05, 4.69) is 12.2 Å². The molecule has 1 saturated carbocycles. The average molecular weight is 281 g/mol. The van der Waals surface area contributed by atoms with Gasteiger partial charge in [0.2, 0.25) is 0 Å². The van der Waals surface area contributed by atoms with E-state index in [-0.39, 0.29) is 11.5 Å². The number of nitrogens with one attached hydrogen (secondary N) is 1. The first kappa shape index (κ1) is 15.4. The maximum atomic E-state index is 14.3. The van der Waals surface area contributed by atoms with Gasteiger partial charge in [0, 0.05) is 11.6 Å². The lowest BCUT2D eigenvalue weighted by Crippen LogP contribution is -2.38. The number of hydrogen-bond donors (Lipinski definition) is 1. The third-order valence-electron chi connectivity index (χ3n) is 4.72. The highest BCUT2D eigenvalue weighted by atomic mass is 19.2. The van der Waals surface area contributed by atoms with Crippen molar-refractivity contribution in [2.24, 2.45) is 5.41 Å². The predicted molar refractivity (Wildman–Crippen MR) is 78.7 cm³/mol. The Balaban J connectivity index is 2.40. The van der Waals surface area contributed by atoms with E-state index in [1.165, 1.54) is 19.3 Å². The van der Waals surface area contributed by atoms with Gasteiger partial charge in [-0.3, -0.25) is 0 Å². The van der Waals surface area contributed by atoms with E-state index >= 15 is 0 Å². The molecule has 0 amide bonds. The summed E-state index contributed by atoms with van der Waals surface area (Å²) >= 11 is 0. The van der Waals surface area contributed by atoms with E-state index in [1.807, 2.05) is 6.92 Å². The van der Waals surface area contributed by atoms with Gasteiger partial charge in [0.05, 0.1) is 0 Å². The van der Waals surface area contributed by atoms with Crippen LogP contribution in [0.15, 0.2) is 12.1 Å². The smallest absolute Gasteiger partial charge is 0.163 e. The van der Waals surface area contributed by atoms with Crippen LogP contribution >= 0.6 is 0 Å². The fourth-order valence-electron chi connectivity index (χ4n) is 3.47. The van der Waals surface area contributed by atoms with Gasteiger partial charge < -0.3 is 5.32 Å². The van der Waals surface area contributed by atoms with E-state index < -0.39 is 11.6 Å². The van der Waals surface area contributed by atoms with Crippen molar-refractivity contribution in [2.75, 3.05) is 6.54 Å². The highest BCUT2D eigenvalue weighted by Crippen LogP contribution is 2.46. The van der Waals surface area contributed by atoms with E-state index in [0.29, 0.717) is 11.1 Å². The monoisotopic (exact) mass is 281 g/mol. The highest BCUT2D eigenvalue weighted by Gasteiger charge is 2.37.